The van der Waals surface area contributed by atoms with Crippen LogP contribution in [-0.2, 0) is 57.8 Å². The van der Waals surface area contributed by atoms with Crippen LogP contribution < -0.4 is 26.6 Å². The van der Waals surface area contributed by atoms with Crippen molar-refractivity contribution >= 4 is 41.8 Å². The van der Waals surface area contributed by atoms with Gasteiger partial charge >= 0.3 is 18.2 Å². The number of likely N-dealkylation sites (tertiary alicyclic amines) is 1. The molecule has 1 heterocycles. The second-order valence-corrected chi connectivity index (χ2v) is 18.3. The van der Waals surface area contributed by atoms with Crippen molar-refractivity contribution in [3.05, 3.63) is 108 Å². The molecule has 5 N–H and O–H groups in total. The number of carbonyl (C=O) groups is 7. The van der Waals surface area contributed by atoms with Crippen LogP contribution in [0.15, 0.2) is 91.0 Å². The van der Waals surface area contributed by atoms with Crippen LogP contribution in [0.3, 0.4) is 0 Å². The Kier molecular flexibility index (Phi) is 20.5. The number of ether oxygens (including phenoxy) is 3. The van der Waals surface area contributed by atoms with E-state index in [4.69, 9.17) is 14.2 Å². The Morgan fingerprint density at radius 2 is 1.18 bits per heavy atom. The lowest BCUT2D eigenvalue weighted by molar-refractivity contribution is -0.155. The lowest BCUT2D eigenvalue weighted by Crippen LogP contribution is -2.60. The number of benzene rings is 3. The van der Waals surface area contributed by atoms with E-state index in [1.807, 2.05) is 105 Å². The monoisotopic (exact) mass is 912 g/mol. The van der Waals surface area contributed by atoms with Crippen molar-refractivity contribution in [3.63, 3.8) is 0 Å². The lowest BCUT2D eigenvalue weighted by atomic mass is 9.99. The van der Waals surface area contributed by atoms with Crippen molar-refractivity contribution < 1.29 is 47.8 Å². The third-order valence-corrected chi connectivity index (χ3v) is 10.7. The van der Waals surface area contributed by atoms with E-state index in [2.05, 4.69) is 26.6 Å². The summed E-state index contributed by atoms with van der Waals surface area (Å²) in [5, 5.41) is 13.8. The minimum atomic E-state index is -1.22. The van der Waals surface area contributed by atoms with Crippen LogP contribution in [0, 0.1) is 11.8 Å². The van der Waals surface area contributed by atoms with Crippen molar-refractivity contribution in [2.24, 2.45) is 11.8 Å². The number of hydrogen-bond donors (Lipinski definition) is 5. The Morgan fingerprint density at radius 3 is 1.74 bits per heavy atom. The van der Waals surface area contributed by atoms with Gasteiger partial charge in [-0.15, -0.1) is 0 Å². The van der Waals surface area contributed by atoms with E-state index in [-0.39, 0.29) is 51.4 Å². The van der Waals surface area contributed by atoms with Crippen molar-refractivity contribution in [1.29, 1.82) is 0 Å². The normalized spacial score (nSPS) is 15.4. The molecule has 6 amide bonds. The molecule has 1 saturated heterocycles. The van der Waals surface area contributed by atoms with E-state index in [1.165, 1.54) is 4.90 Å². The zero-order chi connectivity index (χ0) is 48.2. The van der Waals surface area contributed by atoms with Crippen molar-refractivity contribution in [2.45, 2.75) is 136 Å². The Balaban J connectivity index is 1.52. The Labute approximate surface area is 388 Å². The summed E-state index contributed by atoms with van der Waals surface area (Å²) in [6, 6.07) is 22.1. The summed E-state index contributed by atoms with van der Waals surface area (Å²) in [6.45, 7) is 12.8. The largest absolute Gasteiger partial charge is 0.459 e. The van der Waals surface area contributed by atoms with Crippen LogP contribution >= 0.6 is 0 Å². The first-order valence-corrected chi connectivity index (χ1v) is 22.8. The smallest absolute Gasteiger partial charge is 0.408 e. The topological polar surface area (TPSA) is 211 Å². The molecule has 5 atom stereocenters. The maximum atomic E-state index is 14.4. The maximum Gasteiger partial charge on any atom is 0.408 e. The Bertz CT molecular complexity index is 2040. The average Bonchev–Trinajstić information content (AvgIpc) is 3.77. The number of amides is 6. The minimum Gasteiger partial charge on any atom is -0.459 e. The van der Waals surface area contributed by atoms with Gasteiger partial charge in [0.25, 0.3) is 0 Å². The molecular weight excluding hydrogens is 845 g/mol. The summed E-state index contributed by atoms with van der Waals surface area (Å²) in [5.41, 5.74) is 1.55. The Morgan fingerprint density at radius 1 is 0.652 bits per heavy atom. The molecule has 0 saturated carbocycles. The van der Waals surface area contributed by atoms with Crippen molar-refractivity contribution in [1.82, 2.24) is 31.5 Å². The van der Waals surface area contributed by atoms with E-state index in [9.17, 15) is 33.6 Å². The van der Waals surface area contributed by atoms with Crippen LogP contribution in [0.1, 0.15) is 97.3 Å². The zero-order valence-corrected chi connectivity index (χ0v) is 39.3. The highest BCUT2D eigenvalue weighted by molar-refractivity contribution is 5.96. The number of alkyl carbamates (subject to hydrolysis) is 2. The van der Waals surface area contributed by atoms with E-state index in [0.29, 0.717) is 19.4 Å². The highest BCUT2D eigenvalue weighted by atomic mass is 16.6. The number of nitrogens with zero attached hydrogens (tertiary/aromatic N) is 1. The molecule has 66 heavy (non-hydrogen) atoms. The first-order valence-electron chi connectivity index (χ1n) is 22.8. The first kappa shape index (κ1) is 52.2. The number of nitrogens with one attached hydrogen (secondary N) is 5. The molecule has 16 nitrogen and oxygen atoms in total. The highest BCUT2D eigenvalue weighted by Gasteiger charge is 2.40. The van der Waals surface area contributed by atoms with Gasteiger partial charge in [0.15, 0.2) is 0 Å². The molecule has 3 aromatic carbocycles. The molecule has 0 aliphatic carbocycles. The molecule has 1 aliphatic heterocycles. The molecule has 0 aromatic heterocycles. The third kappa shape index (κ3) is 17.8. The summed E-state index contributed by atoms with van der Waals surface area (Å²) in [4.78, 5) is 97.1. The van der Waals surface area contributed by atoms with Gasteiger partial charge < -0.3 is 45.7 Å². The fourth-order valence-corrected chi connectivity index (χ4v) is 7.37. The highest BCUT2D eigenvalue weighted by Crippen LogP contribution is 2.22. The van der Waals surface area contributed by atoms with Gasteiger partial charge in [0.2, 0.25) is 23.6 Å². The van der Waals surface area contributed by atoms with E-state index < -0.39 is 83.5 Å². The van der Waals surface area contributed by atoms with E-state index in [1.54, 1.807) is 34.6 Å². The molecule has 16 heteroatoms. The maximum absolute atomic E-state index is 14.4. The Hall–Kier alpha value is -6.45. The number of rotatable bonds is 22. The van der Waals surface area contributed by atoms with Crippen LogP contribution in [0.2, 0.25) is 0 Å². The predicted octanol–water partition coefficient (Wildman–Crippen LogP) is 5.72. The van der Waals surface area contributed by atoms with Gasteiger partial charge in [-0.25, -0.2) is 14.4 Å². The van der Waals surface area contributed by atoms with Crippen LogP contribution in [0.5, 0.6) is 0 Å². The molecule has 4 rings (SSSR count). The summed E-state index contributed by atoms with van der Waals surface area (Å²) in [6.07, 6.45) is 0.0103. The van der Waals surface area contributed by atoms with Crippen LogP contribution in [0.4, 0.5) is 9.59 Å². The number of esters is 1. The molecule has 358 valence electrons. The molecule has 0 spiro atoms. The first-order chi connectivity index (χ1) is 31.4. The third-order valence-electron chi connectivity index (χ3n) is 10.7. The van der Waals surface area contributed by atoms with Crippen molar-refractivity contribution in [2.75, 3.05) is 13.1 Å². The minimum absolute atomic E-state index is 0.0235. The average molecular weight is 913 g/mol. The summed E-state index contributed by atoms with van der Waals surface area (Å²) < 4.78 is 16.3. The fraction of sp³-hybridized carbons (Fsp3) is 0.500. The van der Waals surface area contributed by atoms with Gasteiger partial charge in [-0.2, -0.15) is 0 Å². The standard InChI is InChI=1S/C50H68N6O10/c1-33(2)29-39(44(58)54-40(30-35-19-11-8-12-20-35)46(60)56-28-18-26-41(56)47(61)64-31-36-21-13-9-14-22-36)53-43(57)38(25-17-27-51-48(62)65-32-37-23-15-10-16-24-37)52-45(59)42(34(3)4)55-49(63)66-50(5,6)7/h8-16,19-24,33-34,38-42H,17-18,25-32H2,1-7H3,(H,51,62)(H,52,59)(H,53,57)(H,54,58)(H,55,63)/t38-,39-,40+,41-,42-/m0/s1. The predicted molar refractivity (Wildman–Crippen MR) is 248 cm³/mol. The molecule has 0 radical (unpaired) electrons. The van der Waals surface area contributed by atoms with Gasteiger partial charge in [0.1, 0.15) is 49.0 Å². The van der Waals surface area contributed by atoms with Gasteiger partial charge in [0, 0.05) is 19.5 Å². The summed E-state index contributed by atoms with van der Waals surface area (Å²) >= 11 is 0. The summed E-state index contributed by atoms with van der Waals surface area (Å²) in [7, 11) is 0. The lowest BCUT2D eigenvalue weighted by Gasteiger charge is -2.30. The van der Waals surface area contributed by atoms with Gasteiger partial charge in [-0.1, -0.05) is 119 Å². The second kappa shape index (κ2) is 25.9. The van der Waals surface area contributed by atoms with Crippen molar-refractivity contribution in [3.8, 4) is 0 Å². The molecule has 3 aromatic rings. The van der Waals surface area contributed by atoms with E-state index in [0.717, 1.165) is 16.7 Å². The second-order valence-electron chi connectivity index (χ2n) is 18.3. The van der Waals surface area contributed by atoms with Gasteiger partial charge in [-0.3, -0.25) is 19.2 Å². The molecular formula is C50H68N6O10. The molecule has 1 fully saturated rings. The number of carbonyl (C=O) groups excluding carboxylic acids is 7. The van der Waals surface area contributed by atoms with Crippen LogP contribution in [0.25, 0.3) is 0 Å². The number of hydrogen-bond acceptors (Lipinski definition) is 10. The van der Waals surface area contributed by atoms with Gasteiger partial charge in [-0.05, 0) is 81.4 Å². The fourth-order valence-electron chi connectivity index (χ4n) is 7.37. The summed E-state index contributed by atoms with van der Waals surface area (Å²) in [5.74, 6) is -3.50. The molecule has 0 bridgehead atoms. The molecule has 1 aliphatic rings. The SMILES string of the molecule is CC(C)C[C@H](NC(=O)[C@H](CCCNC(=O)OCc1ccccc1)NC(=O)[C@@H](NC(=O)OC(C)(C)C)C(C)C)C(=O)N[C@H](Cc1ccccc1)C(=O)N1CCC[C@H]1C(=O)OCc1ccccc1. The van der Waals surface area contributed by atoms with E-state index >= 15 is 0 Å². The molecule has 0 unspecified atom stereocenters. The van der Waals surface area contributed by atoms with Gasteiger partial charge in [0.05, 0.1) is 0 Å². The van der Waals surface area contributed by atoms with Crippen LogP contribution in [-0.4, -0.2) is 95.6 Å². The zero-order valence-electron chi connectivity index (χ0n) is 39.3. The quantitative estimate of drug-likeness (QED) is 0.0470.